The lowest BCUT2D eigenvalue weighted by Gasteiger charge is -2.25. The molecule has 3 heteroatoms. The number of hydrogen-bond acceptors (Lipinski definition) is 3. The highest BCUT2D eigenvalue weighted by atomic mass is 16.5. The van der Waals surface area contributed by atoms with Gasteiger partial charge < -0.3 is 15.3 Å². The lowest BCUT2D eigenvalue weighted by molar-refractivity contribution is -0.136. The summed E-state index contributed by atoms with van der Waals surface area (Å²) in [6.45, 7) is 3.88. The molecule has 0 aromatic carbocycles. The zero-order valence-corrected chi connectivity index (χ0v) is 7.75. The molecule has 70 valence electrons. The van der Waals surface area contributed by atoms with E-state index in [2.05, 4.69) is 0 Å². The van der Waals surface area contributed by atoms with E-state index in [0.29, 0.717) is 6.42 Å². The van der Waals surface area contributed by atoms with Crippen molar-refractivity contribution in [3.05, 3.63) is 0 Å². The Morgan fingerprint density at radius 3 is 2.67 bits per heavy atom. The highest BCUT2D eigenvalue weighted by Gasteiger charge is 2.39. The lowest BCUT2D eigenvalue weighted by Crippen LogP contribution is -2.35. The molecule has 1 rings (SSSR count). The van der Waals surface area contributed by atoms with Gasteiger partial charge in [-0.15, -0.1) is 0 Å². The Balaban J connectivity index is 2.58. The molecule has 0 amide bonds. The summed E-state index contributed by atoms with van der Waals surface area (Å²) in [6, 6.07) is 0.133. The van der Waals surface area contributed by atoms with Crippen molar-refractivity contribution in [3.63, 3.8) is 0 Å². The topological polar surface area (TPSA) is 52.3 Å². The van der Waals surface area contributed by atoms with Crippen molar-refractivity contribution in [2.24, 2.45) is 5.73 Å². The van der Waals surface area contributed by atoms with Crippen LogP contribution in [0.15, 0.2) is 0 Å². The molecule has 0 aliphatic heterocycles. The fourth-order valence-electron chi connectivity index (χ4n) is 1.79. The zero-order valence-electron chi connectivity index (χ0n) is 7.75. The highest BCUT2D eigenvalue weighted by Crippen LogP contribution is 2.31. The molecule has 1 aliphatic carbocycles. The maximum Gasteiger partial charge on any atom is 0.151 e. The molecule has 0 spiro atoms. The Labute approximate surface area is 73.3 Å². The van der Waals surface area contributed by atoms with Crippen molar-refractivity contribution in [2.75, 3.05) is 0 Å². The van der Waals surface area contributed by atoms with Crippen LogP contribution in [0.25, 0.3) is 0 Å². The molecule has 1 saturated carbocycles. The Hall–Kier alpha value is -0.410. The molecule has 1 fully saturated rings. The summed E-state index contributed by atoms with van der Waals surface area (Å²) in [4.78, 5) is 10.8. The second-order valence-electron chi connectivity index (χ2n) is 3.85. The predicted molar refractivity (Wildman–Crippen MR) is 46.8 cm³/mol. The van der Waals surface area contributed by atoms with Gasteiger partial charge in [-0.05, 0) is 33.1 Å². The largest absolute Gasteiger partial charge is 0.365 e. The number of hydrogen-bond donors (Lipinski definition) is 1. The summed E-state index contributed by atoms with van der Waals surface area (Å²) in [6.07, 6.45) is 3.36. The maximum atomic E-state index is 10.8. The summed E-state index contributed by atoms with van der Waals surface area (Å²) < 4.78 is 5.57. The molecule has 2 atom stereocenters. The quantitative estimate of drug-likeness (QED) is 0.641. The number of nitrogens with two attached hydrogens (primary N) is 1. The minimum absolute atomic E-state index is 0.0977. The van der Waals surface area contributed by atoms with Crippen LogP contribution in [-0.4, -0.2) is 24.0 Å². The molecule has 12 heavy (non-hydrogen) atoms. The summed E-state index contributed by atoms with van der Waals surface area (Å²) in [5.74, 6) is 0. The van der Waals surface area contributed by atoms with Gasteiger partial charge in [0.1, 0.15) is 5.60 Å². The monoisotopic (exact) mass is 171 g/mol. The van der Waals surface area contributed by atoms with Crippen LogP contribution in [0, 0.1) is 0 Å². The number of carbonyl (C=O) groups excluding carboxylic acids is 1. The van der Waals surface area contributed by atoms with Gasteiger partial charge in [-0.1, -0.05) is 0 Å². The third-order valence-electron chi connectivity index (χ3n) is 2.23. The van der Waals surface area contributed by atoms with E-state index in [1.165, 1.54) is 0 Å². The smallest absolute Gasteiger partial charge is 0.151 e. The first-order valence-corrected chi connectivity index (χ1v) is 4.48. The normalized spacial score (nSPS) is 35.8. The fourth-order valence-corrected chi connectivity index (χ4v) is 1.79. The van der Waals surface area contributed by atoms with Crippen LogP contribution in [0.5, 0.6) is 0 Å². The van der Waals surface area contributed by atoms with Crippen LogP contribution in [0.4, 0.5) is 0 Å². The molecular formula is C9H17NO2. The van der Waals surface area contributed by atoms with Gasteiger partial charge in [0.2, 0.25) is 0 Å². The minimum Gasteiger partial charge on any atom is -0.365 e. The summed E-state index contributed by atoms with van der Waals surface area (Å²) in [5.41, 5.74) is 5.15. The van der Waals surface area contributed by atoms with Crippen LogP contribution in [0.3, 0.4) is 0 Å². The Bertz CT molecular complexity index is 170. The molecule has 1 aliphatic rings. The van der Waals surface area contributed by atoms with Gasteiger partial charge in [-0.3, -0.25) is 0 Å². The molecule has 3 nitrogen and oxygen atoms in total. The molecule has 0 aromatic heterocycles. The van der Waals surface area contributed by atoms with Gasteiger partial charge in [-0.25, -0.2) is 0 Å². The average molecular weight is 171 g/mol. The summed E-state index contributed by atoms with van der Waals surface area (Å²) >= 11 is 0. The first-order valence-electron chi connectivity index (χ1n) is 4.48. The summed E-state index contributed by atoms with van der Waals surface area (Å²) in [5, 5.41) is 0. The zero-order chi connectivity index (χ0) is 9.19. The number of rotatable bonds is 3. The van der Waals surface area contributed by atoms with E-state index in [-0.39, 0.29) is 12.1 Å². The third-order valence-corrected chi connectivity index (χ3v) is 2.23. The third kappa shape index (κ3) is 2.05. The Kier molecular flexibility index (Phi) is 2.85. The molecule has 0 radical (unpaired) electrons. The molecule has 0 bridgehead atoms. The highest BCUT2D eigenvalue weighted by molar-refractivity contribution is 5.63. The number of ether oxygens (including phenoxy) is 1. The van der Waals surface area contributed by atoms with E-state index in [1.807, 2.05) is 13.8 Å². The lowest BCUT2D eigenvalue weighted by atomic mass is 10.0. The van der Waals surface area contributed by atoms with Gasteiger partial charge in [0.25, 0.3) is 0 Å². The van der Waals surface area contributed by atoms with Crippen molar-refractivity contribution in [2.45, 2.75) is 50.9 Å². The van der Waals surface area contributed by atoms with Crippen molar-refractivity contribution in [1.29, 1.82) is 0 Å². The first kappa shape index (κ1) is 9.68. The molecular weight excluding hydrogens is 154 g/mol. The Morgan fingerprint density at radius 2 is 2.33 bits per heavy atom. The standard InChI is InChI=1S/C9H17NO2/c1-7(2)12-9(6-11)4-3-8(10)5-9/h6-8H,3-5,10H2,1-2H3. The molecule has 0 heterocycles. The van der Waals surface area contributed by atoms with Gasteiger partial charge in [0.05, 0.1) is 6.10 Å². The van der Waals surface area contributed by atoms with Gasteiger partial charge in [0.15, 0.2) is 6.29 Å². The number of aldehydes is 1. The van der Waals surface area contributed by atoms with Crippen LogP contribution in [0.1, 0.15) is 33.1 Å². The van der Waals surface area contributed by atoms with E-state index in [9.17, 15) is 4.79 Å². The van der Waals surface area contributed by atoms with E-state index >= 15 is 0 Å². The Morgan fingerprint density at radius 1 is 1.67 bits per heavy atom. The van der Waals surface area contributed by atoms with Gasteiger partial charge in [-0.2, -0.15) is 0 Å². The summed E-state index contributed by atoms with van der Waals surface area (Å²) in [7, 11) is 0. The van der Waals surface area contributed by atoms with E-state index in [0.717, 1.165) is 19.1 Å². The van der Waals surface area contributed by atoms with Crippen LogP contribution in [0.2, 0.25) is 0 Å². The number of carbonyl (C=O) groups is 1. The fraction of sp³-hybridized carbons (Fsp3) is 0.889. The van der Waals surface area contributed by atoms with Crippen molar-refractivity contribution in [1.82, 2.24) is 0 Å². The van der Waals surface area contributed by atoms with Gasteiger partial charge in [0, 0.05) is 6.04 Å². The van der Waals surface area contributed by atoms with Gasteiger partial charge >= 0.3 is 0 Å². The van der Waals surface area contributed by atoms with Crippen molar-refractivity contribution >= 4 is 6.29 Å². The van der Waals surface area contributed by atoms with E-state index < -0.39 is 5.60 Å². The molecule has 0 aromatic rings. The second-order valence-corrected chi connectivity index (χ2v) is 3.85. The second kappa shape index (κ2) is 3.54. The van der Waals surface area contributed by atoms with Crippen LogP contribution < -0.4 is 5.73 Å². The minimum atomic E-state index is -0.576. The van der Waals surface area contributed by atoms with Crippen molar-refractivity contribution in [3.8, 4) is 0 Å². The van der Waals surface area contributed by atoms with Crippen LogP contribution in [-0.2, 0) is 9.53 Å². The molecule has 2 N–H and O–H groups in total. The maximum absolute atomic E-state index is 10.8. The van der Waals surface area contributed by atoms with E-state index in [1.54, 1.807) is 0 Å². The molecule has 0 saturated heterocycles. The average Bonchev–Trinajstić information content (AvgIpc) is 2.32. The first-order chi connectivity index (χ1) is 5.58. The predicted octanol–water partition coefficient (Wildman–Crippen LogP) is 0.860. The SMILES string of the molecule is CC(C)OC1(C=O)CCC(N)C1. The van der Waals surface area contributed by atoms with E-state index in [4.69, 9.17) is 10.5 Å². The van der Waals surface area contributed by atoms with Crippen LogP contribution >= 0.6 is 0 Å². The van der Waals surface area contributed by atoms with Crippen molar-refractivity contribution < 1.29 is 9.53 Å². The molecule has 2 unspecified atom stereocenters.